The van der Waals surface area contributed by atoms with E-state index in [4.69, 9.17) is 5.73 Å². The number of benzene rings is 1. The first kappa shape index (κ1) is 18.6. The van der Waals surface area contributed by atoms with Crippen LogP contribution in [0.4, 0.5) is 5.69 Å². The maximum Gasteiger partial charge on any atom is 0.274 e. The Labute approximate surface area is 124 Å². The monoisotopic (exact) mass is 304 g/mol. The topological polar surface area (TPSA) is 110 Å². The third-order valence-corrected chi connectivity index (χ3v) is 3.02. The molecule has 1 rings (SSSR count). The summed E-state index contributed by atoms with van der Waals surface area (Å²) in [5, 5.41) is 30.3. The third-order valence-electron chi connectivity index (χ3n) is 3.02. The molecule has 0 saturated carbocycles. The Kier molecular flexibility index (Phi) is 7.49. The van der Waals surface area contributed by atoms with Crippen LogP contribution >= 0.6 is 12.4 Å². The largest absolute Gasteiger partial charge is 0.508 e. The Morgan fingerprint density at radius 2 is 1.95 bits per heavy atom. The van der Waals surface area contributed by atoms with Crippen LogP contribution < -0.4 is 5.73 Å². The number of aromatic hydroxyl groups is 1. The third kappa shape index (κ3) is 4.96. The summed E-state index contributed by atoms with van der Waals surface area (Å²) in [6.45, 7) is 4.05. The predicted octanol–water partition coefficient (Wildman–Crippen LogP) is 2.52. The fraction of sp³-hybridized carbons (Fsp3) is 0.538. The van der Waals surface area contributed by atoms with Gasteiger partial charge in [0.25, 0.3) is 5.69 Å². The summed E-state index contributed by atoms with van der Waals surface area (Å²) in [6.07, 6.45) is 0.371. The van der Waals surface area contributed by atoms with Gasteiger partial charge in [0.1, 0.15) is 5.75 Å². The second kappa shape index (κ2) is 8.04. The van der Waals surface area contributed by atoms with Gasteiger partial charge in [-0.15, -0.1) is 12.4 Å². The molecule has 0 heterocycles. The van der Waals surface area contributed by atoms with Crippen molar-refractivity contribution in [3.63, 3.8) is 0 Å². The fourth-order valence-corrected chi connectivity index (χ4v) is 1.87. The molecule has 4 N–H and O–H groups in total. The highest BCUT2D eigenvalue weighted by molar-refractivity contribution is 5.85. The van der Waals surface area contributed by atoms with Crippen LogP contribution in [0.1, 0.15) is 38.3 Å². The lowest BCUT2D eigenvalue weighted by atomic mass is 9.95. The van der Waals surface area contributed by atoms with Gasteiger partial charge in [-0.05, 0) is 30.9 Å². The van der Waals surface area contributed by atoms with Crippen LogP contribution in [0.2, 0.25) is 0 Å². The van der Waals surface area contributed by atoms with Crippen molar-refractivity contribution in [3.8, 4) is 5.75 Å². The highest BCUT2D eigenvalue weighted by Gasteiger charge is 2.25. The quantitative estimate of drug-likeness (QED) is 0.552. The van der Waals surface area contributed by atoms with Crippen molar-refractivity contribution in [2.24, 2.45) is 11.7 Å². The van der Waals surface area contributed by atoms with E-state index >= 15 is 0 Å². The molecule has 0 aromatic heterocycles. The van der Waals surface area contributed by atoms with Crippen molar-refractivity contribution in [1.82, 2.24) is 0 Å². The second-order valence-corrected chi connectivity index (χ2v) is 5.06. The number of aliphatic hydroxyl groups excluding tert-OH is 1. The Hall–Kier alpha value is -1.37. The standard InChI is InChI=1S/C13H20N2O4.ClH/c1-8(2)3-6-12(17)13(14)10-7-9(16)4-5-11(10)15(18)19;/h4-5,7-8,12-13,16-17H,3,6,14H2,1-2H3;1H/t12-,13+;/m1./s1. The molecule has 114 valence electrons. The fourth-order valence-electron chi connectivity index (χ4n) is 1.87. The number of halogens is 1. The molecule has 0 spiro atoms. The van der Waals surface area contributed by atoms with Crippen LogP contribution in [0.5, 0.6) is 5.75 Å². The average molecular weight is 305 g/mol. The summed E-state index contributed by atoms with van der Waals surface area (Å²) in [5.41, 5.74) is 5.83. The number of nitro groups is 1. The van der Waals surface area contributed by atoms with Crippen LogP contribution in [0, 0.1) is 16.0 Å². The molecule has 0 aliphatic carbocycles. The maximum atomic E-state index is 10.9. The molecule has 1 aromatic rings. The Morgan fingerprint density at radius 1 is 1.35 bits per heavy atom. The van der Waals surface area contributed by atoms with E-state index in [1.165, 1.54) is 18.2 Å². The minimum absolute atomic E-state index is 0. The summed E-state index contributed by atoms with van der Waals surface area (Å²) in [6, 6.07) is 2.78. The van der Waals surface area contributed by atoms with Crippen molar-refractivity contribution < 1.29 is 15.1 Å². The summed E-state index contributed by atoms with van der Waals surface area (Å²) < 4.78 is 0. The van der Waals surface area contributed by atoms with E-state index in [-0.39, 0.29) is 29.4 Å². The molecule has 0 unspecified atom stereocenters. The zero-order valence-corrected chi connectivity index (χ0v) is 12.3. The molecule has 7 heteroatoms. The van der Waals surface area contributed by atoms with Crippen LogP contribution in [-0.4, -0.2) is 21.2 Å². The van der Waals surface area contributed by atoms with Gasteiger partial charge >= 0.3 is 0 Å². The number of hydrogen-bond donors (Lipinski definition) is 3. The normalized spacial score (nSPS) is 13.7. The van der Waals surface area contributed by atoms with Gasteiger partial charge in [0.2, 0.25) is 0 Å². The number of rotatable bonds is 6. The van der Waals surface area contributed by atoms with E-state index < -0.39 is 17.1 Å². The van der Waals surface area contributed by atoms with Gasteiger partial charge in [0.05, 0.1) is 22.6 Å². The zero-order valence-electron chi connectivity index (χ0n) is 11.5. The van der Waals surface area contributed by atoms with Crippen LogP contribution in [-0.2, 0) is 0 Å². The van der Waals surface area contributed by atoms with Crippen molar-refractivity contribution in [1.29, 1.82) is 0 Å². The minimum atomic E-state index is -0.883. The molecule has 1 aromatic carbocycles. The lowest BCUT2D eigenvalue weighted by Gasteiger charge is -2.20. The van der Waals surface area contributed by atoms with Gasteiger partial charge in [-0.1, -0.05) is 13.8 Å². The first-order chi connectivity index (χ1) is 8.82. The number of phenolic OH excluding ortho intramolecular Hbond substituents is 1. The SMILES string of the molecule is CC(C)CC[C@@H](O)[C@@H](N)c1cc(O)ccc1[N+](=O)[O-].Cl. The Morgan fingerprint density at radius 3 is 2.45 bits per heavy atom. The number of aliphatic hydroxyl groups is 1. The number of nitrogens with zero attached hydrogens (tertiary/aromatic N) is 1. The molecule has 6 nitrogen and oxygen atoms in total. The van der Waals surface area contributed by atoms with Gasteiger partial charge in [0.15, 0.2) is 0 Å². The van der Waals surface area contributed by atoms with Crippen LogP contribution in [0.3, 0.4) is 0 Å². The molecule has 20 heavy (non-hydrogen) atoms. The first-order valence-corrected chi connectivity index (χ1v) is 6.24. The predicted molar refractivity (Wildman–Crippen MR) is 79.0 cm³/mol. The van der Waals surface area contributed by atoms with Gasteiger partial charge in [-0.25, -0.2) is 0 Å². The molecule has 0 amide bonds. The maximum absolute atomic E-state index is 10.9. The van der Waals surface area contributed by atoms with E-state index in [1.54, 1.807) is 0 Å². The van der Waals surface area contributed by atoms with E-state index in [0.717, 1.165) is 6.42 Å². The van der Waals surface area contributed by atoms with Crippen molar-refractivity contribution >= 4 is 18.1 Å². The number of phenols is 1. The summed E-state index contributed by atoms with van der Waals surface area (Å²) in [5.74, 6) is 0.313. The zero-order chi connectivity index (χ0) is 14.6. The van der Waals surface area contributed by atoms with E-state index in [2.05, 4.69) is 0 Å². The molecule has 0 aliphatic rings. The molecule has 0 saturated heterocycles. The van der Waals surface area contributed by atoms with E-state index in [9.17, 15) is 20.3 Å². The Balaban J connectivity index is 0.00000361. The molecular weight excluding hydrogens is 284 g/mol. The van der Waals surface area contributed by atoms with Crippen molar-refractivity contribution in [2.45, 2.75) is 38.8 Å². The van der Waals surface area contributed by atoms with Crippen LogP contribution in [0.25, 0.3) is 0 Å². The molecule has 0 bridgehead atoms. The number of nitrogens with two attached hydrogens (primary N) is 1. The minimum Gasteiger partial charge on any atom is -0.508 e. The van der Waals surface area contributed by atoms with Crippen molar-refractivity contribution in [2.75, 3.05) is 0 Å². The van der Waals surface area contributed by atoms with Gasteiger partial charge in [-0.2, -0.15) is 0 Å². The molecule has 0 radical (unpaired) electrons. The number of hydrogen-bond acceptors (Lipinski definition) is 5. The first-order valence-electron chi connectivity index (χ1n) is 6.24. The smallest absolute Gasteiger partial charge is 0.274 e. The molecule has 2 atom stereocenters. The highest BCUT2D eigenvalue weighted by atomic mass is 35.5. The number of nitro benzene ring substituents is 1. The highest BCUT2D eigenvalue weighted by Crippen LogP contribution is 2.30. The van der Waals surface area contributed by atoms with E-state index in [0.29, 0.717) is 12.3 Å². The van der Waals surface area contributed by atoms with Crippen molar-refractivity contribution in [3.05, 3.63) is 33.9 Å². The van der Waals surface area contributed by atoms with Crippen LogP contribution in [0.15, 0.2) is 18.2 Å². The van der Waals surface area contributed by atoms with Gasteiger partial charge in [0, 0.05) is 6.07 Å². The average Bonchev–Trinajstić information content (AvgIpc) is 2.34. The molecular formula is C13H21ClN2O4. The second-order valence-electron chi connectivity index (χ2n) is 5.06. The molecule has 0 aliphatic heterocycles. The Bertz CT molecular complexity index is 454. The van der Waals surface area contributed by atoms with Gasteiger partial charge in [-0.3, -0.25) is 10.1 Å². The molecule has 0 fully saturated rings. The summed E-state index contributed by atoms with van der Waals surface area (Å²) in [7, 11) is 0. The lowest BCUT2D eigenvalue weighted by Crippen LogP contribution is -2.27. The van der Waals surface area contributed by atoms with E-state index in [1.807, 2.05) is 13.8 Å². The van der Waals surface area contributed by atoms with Gasteiger partial charge < -0.3 is 15.9 Å². The summed E-state index contributed by atoms with van der Waals surface area (Å²) in [4.78, 5) is 10.3. The lowest BCUT2D eigenvalue weighted by molar-refractivity contribution is -0.385. The summed E-state index contributed by atoms with van der Waals surface area (Å²) >= 11 is 0.